The molecule has 1 fully saturated rings. The van der Waals surface area contributed by atoms with Crippen molar-refractivity contribution in [2.24, 2.45) is 5.41 Å². The van der Waals surface area contributed by atoms with Crippen LogP contribution in [0.2, 0.25) is 0 Å². The van der Waals surface area contributed by atoms with Gasteiger partial charge in [-0.2, -0.15) is 0 Å². The summed E-state index contributed by atoms with van der Waals surface area (Å²) in [5.41, 5.74) is 2.88. The molecular formula is C24H42. The molecule has 138 valence electrons. The van der Waals surface area contributed by atoms with Crippen LogP contribution in [0, 0.1) is 5.41 Å². The lowest BCUT2D eigenvalue weighted by atomic mass is 9.64. The lowest BCUT2D eigenvalue weighted by Crippen LogP contribution is -2.27. The van der Waals surface area contributed by atoms with Crippen molar-refractivity contribution in [3.05, 3.63) is 60.3 Å². The molecular weight excluding hydrogens is 288 g/mol. The van der Waals surface area contributed by atoms with E-state index in [0.717, 1.165) is 6.42 Å². The van der Waals surface area contributed by atoms with Gasteiger partial charge in [0.05, 0.1) is 0 Å². The molecule has 0 spiro atoms. The molecule has 0 unspecified atom stereocenters. The fourth-order valence-electron chi connectivity index (χ4n) is 3.17. The lowest BCUT2D eigenvalue weighted by molar-refractivity contribution is 0.301. The fourth-order valence-corrected chi connectivity index (χ4v) is 3.17. The van der Waals surface area contributed by atoms with Crippen LogP contribution in [0.4, 0.5) is 0 Å². The van der Waals surface area contributed by atoms with Crippen LogP contribution < -0.4 is 0 Å². The molecule has 0 nitrogen and oxygen atoms in total. The minimum atomic E-state index is 0.163. The van der Waals surface area contributed by atoms with Gasteiger partial charge in [0.2, 0.25) is 0 Å². The molecule has 1 rings (SSSR count). The maximum absolute atomic E-state index is 4.40. The molecule has 0 heteroatoms. The SMILES string of the molecule is C=C(/C=C\C=C/C)C1(C(/C=C\CC)=C/C)CCCCC1.CC.CC. The zero-order valence-corrected chi connectivity index (χ0v) is 17.5. The number of hydrogen-bond donors (Lipinski definition) is 0. The first kappa shape index (κ1) is 24.9. The van der Waals surface area contributed by atoms with Crippen molar-refractivity contribution < 1.29 is 0 Å². The summed E-state index contributed by atoms with van der Waals surface area (Å²) >= 11 is 0. The molecule has 0 N–H and O–H groups in total. The van der Waals surface area contributed by atoms with Crippen LogP contribution in [-0.4, -0.2) is 0 Å². The summed E-state index contributed by atoms with van der Waals surface area (Å²) in [6.07, 6.45) is 22.9. The lowest BCUT2D eigenvalue weighted by Gasteiger charge is -2.39. The Balaban J connectivity index is 0. The van der Waals surface area contributed by atoms with Crippen molar-refractivity contribution in [1.82, 2.24) is 0 Å². The van der Waals surface area contributed by atoms with E-state index in [4.69, 9.17) is 0 Å². The van der Waals surface area contributed by atoms with E-state index in [0.29, 0.717) is 0 Å². The molecule has 0 aliphatic heterocycles. The molecule has 0 aromatic carbocycles. The molecule has 0 radical (unpaired) electrons. The monoisotopic (exact) mass is 330 g/mol. The van der Waals surface area contributed by atoms with Gasteiger partial charge in [0, 0.05) is 5.41 Å². The summed E-state index contributed by atoms with van der Waals surface area (Å²) in [4.78, 5) is 0. The molecule has 1 aliphatic carbocycles. The summed E-state index contributed by atoms with van der Waals surface area (Å²) in [6, 6.07) is 0. The molecule has 0 atom stereocenters. The molecule has 0 amide bonds. The van der Waals surface area contributed by atoms with Gasteiger partial charge in [0.25, 0.3) is 0 Å². The third kappa shape index (κ3) is 7.99. The van der Waals surface area contributed by atoms with E-state index in [1.807, 2.05) is 34.6 Å². The Morgan fingerprint density at radius 2 is 1.50 bits per heavy atom. The second kappa shape index (κ2) is 16.6. The first-order chi connectivity index (χ1) is 11.7. The molecule has 0 heterocycles. The van der Waals surface area contributed by atoms with Crippen LogP contribution in [0.15, 0.2) is 60.3 Å². The van der Waals surface area contributed by atoms with Gasteiger partial charge in [-0.3, -0.25) is 0 Å². The van der Waals surface area contributed by atoms with Gasteiger partial charge < -0.3 is 0 Å². The van der Waals surface area contributed by atoms with E-state index >= 15 is 0 Å². The van der Waals surface area contributed by atoms with Gasteiger partial charge in [0.1, 0.15) is 0 Å². The maximum atomic E-state index is 4.40. The third-order valence-electron chi connectivity index (χ3n) is 4.32. The van der Waals surface area contributed by atoms with Gasteiger partial charge >= 0.3 is 0 Å². The van der Waals surface area contributed by atoms with Crippen LogP contribution in [0.25, 0.3) is 0 Å². The zero-order chi connectivity index (χ0) is 18.8. The number of allylic oxidation sites excluding steroid dienone is 9. The highest BCUT2D eigenvalue weighted by atomic mass is 14.4. The fraction of sp³-hybridized carbons (Fsp3) is 0.583. The van der Waals surface area contributed by atoms with Gasteiger partial charge in [-0.1, -0.05) is 103 Å². The minimum Gasteiger partial charge on any atom is -0.0949 e. The molecule has 1 saturated carbocycles. The van der Waals surface area contributed by atoms with Crippen molar-refractivity contribution in [2.45, 2.75) is 87.0 Å². The highest BCUT2D eigenvalue weighted by Crippen LogP contribution is 2.48. The molecule has 0 aromatic heterocycles. The predicted molar refractivity (Wildman–Crippen MR) is 114 cm³/mol. The maximum Gasteiger partial charge on any atom is 0.0193 e. The molecule has 0 bridgehead atoms. The van der Waals surface area contributed by atoms with E-state index in [-0.39, 0.29) is 5.41 Å². The standard InChI is InChI=1S/C20H30.2C2H6/c1-5-8-11-14-18(4)20(16-12-10-13-17-20)19(7-3)15-9-6-2;2*1-2/h5,7-9,11,14-15H,4,6,10,12-13,16-17H2,1-3H3;2*1-2H3/b8-5-,14-11-,15-9-,19-7+;;. The van der Waals surface area contributed by atoms with Crippen LogP contribution >= 0.6 is 0 Å². The predicted octanol–water partition coefficient (Wildman–Crippen LogP) is 8.59. The van der Waals surface area contributed by atoms with Crippen molar-refractivity contribution >= 4 is 0 Å². The first-order valence-corrected chi connectivity index (χ1v) is 10.0. The average Bonchev–Trinajstić information content (AvgIpc) is 2.66. The molecule has 0 aromatic rings. The Kier molecular flexibility index (Phi) is 17.2. The van der Waals surface area contributed by atoms with Crippen LogP contribution in [-0.2, 0) is 0 Å². The van der Waals surface area contributed by atoms with Gasteiger partial charge in [-0.05, 0) is 44.3 Å². The van der Waals surface area contributed by atoms with Crippen molar-refractivity contribution in [1.29, 1.82) is 0 Å². The smallest absolute Gasteiger partial charge is 0.0193 e. The second-order valence-corrected chi connectivity index (χ2v) is 5.61. The van der Waals surface area contributed by atoms with Crippen molar-refractivity contribution in [3.63, 3.8) is 0 Å². The Morgan fingerprint density at radius 3 is 1.96 bits per heavy atom. The van der Waals surface area contributed by atoms with Crippen molar-refractivity contribution in [3.8, 4) is 0 Å². The third-order valence-corrected chi connectivity index (χ3v) is 4.32. The highest BCUT2D eigenvalue weighted by molar-refractivity contribution is 5.41. The second-order valence-electron chi connectivity index (χ2n) is 5.61. The first-order valence-electron chi connectivity index (χ1n) is 10.0. The Morgan fingerprint density at radius 1 is 0.917 bits per heavy atom. The molecule has 0 saturated heterocycles. The average molecular weight is 331 g/mol. The highest BCUT2D eigenvalue weighted by Gasteiger charge is 2.35. The van der Waals surface area contributed by atoms with Gasteiger partial charge in [-0.15, -0.1) is 0 Å². The minimum absolute atomic E-state index is 0.163. The van der Waals surface area contributed by atoms with Gasteiger partial charge in [0.15, 0.2) is 0 Å². The molecule has 24 heavy (non-hydrogen) atoms. The van der Waals surface area contributed by atoms with E-state index in [1.165, 1.54) is 43.3 Å². The summed E-state index contributed by atoms with van der Waals surface area (Å²) in [5.74, 6) is 0. The largest absolute Gasteiger partial charge is 0.0949 e. The number of rotatable bonds is 6. The van der Waals surface area contributed by atoms with E-state index in [9.17, 15) is 0 Å². The number of hydrogen-bond acceptors (Lipinski definition) is 0. The Labute approximate surface area is 153 Å². The Hall–Kier alpha value is -1.30. The van der Waals surface area contributed by atoms with Crippen LogP contribution in [0.5, 0.6) is 0 Å². The summed E-state index contributed by atoms with van der Waals surface area (Å²) in [6.45, 7) is 18.8. The van der Waals surface area contributed by atoms with Gasteiger partial charge in [-0.25, -0.2) is 0 Å². The van der Waals surface area contributed by atoms with Crippen molar-refractivity contribution in [2.75, 3.05) is 0 Å². The van der Waals surface area contributed by atoms with E-state index < -0.39 is 0 Å². The van der Waals surface area contributed by atoms with E-state index in [2.05, 4.69) is 63.0 Å². The zero-order valence-electron chi connectivity index (χ0n) is 17.5. The topological polar surface area (TPSA) is 0 Å². The van der Waals surface area contributed by atoms with Crippen LogP contribution in [0.1, 0.15) is 87.0 Å². The summed E-state index contributed by atoms with van der Waals surface area (Å²) < 4.78 is 0. The van der Waals surface area contributed by atoms with E-state index in [1.54, 1.807) is 0 Å². The summed E-state index contributed by atoms with van der Waals surface area (Å²) in [7, 11) is 0. The quantitative estimate of drug-likeness (QED) is 0.428. The Bertz CT molecular complexity index is 409. The normalized spacial score (nSPS) is 17.4. The summed E-state index contributed by atoms with van der Waals surface area (Å²) in [5, 5.41) is 0. The van der Waals surface area contributed by atoms with Crippen LogP contribution in [0.3, 0.4) is 0 Å². The molecule has 1 aliphatic rings.